The van der Waals surface area contributed by atoms with Crippen LogP contribution in [0.15, 0.2) is 52.9 Å². The van der Waals surface area contributed by atoms with Gasteiger partial charge in [-0.2, -0.15) is 4.98 Å². The van der Waals surface area contributed by atoms with Crippen LogP contribution in [-0.4, -0.2) is 14.1 Å². The highest BCUT2D eigenvalue weighted by molar-refractivity contribution is 5.72. The van der Waals surface area contributed by atoms with Crippen LogP contribution >= 0.6 is 0 Å². The first kappa shape index (κ1) is 15.6. The van der Waals surface area contributed by atoms with Gasteiger partial charge in [0.1, 0.15) is 0 Å². The zero-order valence-corrected chi connectivity index (χ0v) is 14.2. The Balaban J connectivity index is 0.00000161. The van der Waals surface area contributed by atoms with Gasteiger partial charge in [0.2, 0.25) is 11.1 Å². The lowest BCUT2D eigenvalue weighted by molar-refractivity contribution is -0.357. The molecule has 0 spiro atoms. The molecule has 3 nitrogen and oxygen atoms in total. The van der Waals surface area contributed by atoms with Crippen molar-refractivity contribution in [2.45, 2.75) is 0 Å². The van der Waals surface area contributed by atoms with Gasteiger partial charge >= 0.3 is 5.89 Å². The monoisotopic (exact) mass is 392 g/mol. The number of halogens is 1. The number of fused-ring (bicyclic) bond motifs is 1. The fourth-order valence-electron chi connectivity index (χ4n) is 2.07. The van der Waals surface area contributed by atoms with Gasteiger partial charge in [-0.15, -0.1) is 0 Å². The molecule has 0 aliphatic rings. The molecule has 0 bridgehead atoms. The summed E-state index contributed by atoms with van der Waals surface area (Å²) in [4.78, 5) is 5.32. The standard InChI is InChI=1S/C17H16N2O.HI/c1-19(2)14-10-7-13(8-11-14)9-12-17-18-15-5-3-4-6-16(15)20-17;/h3-12H,1-2H3;1H/b12-9+;. The van der Waals surface area contributed by atoms with Gasteiger partial charge in [0.05, 0.1) is 6.08 Å². The quantitative estimate of drug-likeness (QED) is 0.608. The van der Waals surface area contributed by atoms with Crippen LogP contribution in [0.1, 0.15) is 11.5 Å². The average Bonchev–Trinajstić information content (AvgIpc) is 2.88. The smallest absolute Gasteiger partial charge is 0.372 e. The minimum absolute atomic E-state index is 0. The predicted octanol–water partition coefficient (Wildman–Crippen LogP) is 0.487. The van der Waals surface area contributed by atoms with Gasteiger partial charge in [0, 0.05) is 25.8 Å². The number of aromatic amines is 1. The number of para-hydroxylation sites is 2. The Hall–Kier alpha value is -1.82. The minimum atomic E-state index is 0. The second-order valence-electron chi connectivity index (χ2n) is 4.91. The molecule has 0 saturated heterocycles. The van der Waals surface area contributed by atoms with Crippen molar-refractivity contribution in [2.24, 2.45) is 0 Å². The summed E-state index contributed by atoms with van der Waals surface area (Å²) >= 11 is 0. The van der Waals surface area contributed by atoms with E-state index in [1.807, 2.05) is 50.5 Å². The maximum Gasteiger partial charge on any atom is 0.372 e. The first-order valence-corrected chi connectivity index (χ1v) is 6.59. The van der Waals surface area contributed by atoms with Crippen LogP contribution in [-0.2, 0) is 0 Å². The Morgan fingerprint density at radius 1 is 0.952 bits per heavy atom. The van der Waals surface area contributed by atoms with E-state index in [-0.39, 0.29) is 24.0 Å². The highest BCUT2D eigenvalue weighted by Crippen LogP contribution is 2.15. The average molecular weight is 392 g/mol. The molecule has 0 aliphatic carbocycles. The molecule has 0 radical (unpaired) electrons. The number of aromatic nitrogens is 1. The Kier molecular flexibility index (Phi) is 5.01. The van der Waals surface area contributed by atoms with Crippen molar-refractivity contribution < 1.29 is 33.4 Å². The molecule has 0 atom stereocenters. The van der Waals surface area contributed by atoms with Crippen LogP contribution in [0.4, 0.5) is 5.69 Å². The Morgan fingerprint density at radius 3 is 2.33 bits per heavy atom. The lowest BCUT2D eigenvalue weighted by Gasteiger charge is -2.11. The molecule has 0 fully saturated rings. The molecule has 21 heavy (non-hydrogen) atoms. The van der Waals surface area contributed by atoms with Gasteiger partial charge in [0.25, 0.3) is 0 Å². The lowest BCUT2D eigenvalue weighted by atomic mass is 10.2. The third kappa shape index (κ3) is 3.64. The van der Waals surface area contributed by atoms with Crippen LogP contribution in [0.3, 0.4) is 0 Å². The number of hydrogen-bond donors (Lipinski definition) is 0. The topological polar surface area (TPSA) is 30.5 Å². The molecule has 1 aromatic heterocycles. The van der Waals surface area contributed by atoms with Crippen molar-refractivity contribution >= 4 is 28.9 Å². The fourth-order valence-corrected chi connectivity index (χ4v) is 2.07. The first-order chi connectivity index (χ1) is 9.72. The van der Waals surface area contributed by atoms with E-state index in [1.165, 1.54) is 5.69 Å². The summed E-state index contributed by atoms with van der Waals surface area (Å²) in [6.45, 7) is 0. The summed E-state index contributed by atoms with van der Waals surface area (Å²) in [5, 5.41) is 0. The maximum absolute atomic E-state index is 5.70. The summed E-state index contributed by atoms with van der Waals surface area (Å²) in [6.07, 6.45) is 3.98. The van der Waals surface area contributed by atoms with Crippen molar-refractivity contribution in [1.29, 1.82) is 0 Å². The zero-order valence-electron chi connectivity index (χ0n) is 12.0. The number of H-pyrrole nitrogens is 1. The Labute approximate surface area is 141 Å². The summed E-state index contributed by atoms with van der Waals surface area (Å²) in [7, 11) is 4.07. The second kappa shape index (κ2) is 6.76. The Bertz CT molecular complexity index is 712. The Morgan fingerprint density at radius 2 is 1.67 bits per heavy atom. The minimum Gasteiger partial charge on any atom is -1.00 e. The van der Waals surface area contributed by atoms with Crippen molar-refractivity contribution in [3.8, 4) is 0 Å². The molecule has 4 heteroatoms. The summed E-state index contributed by atoms with van der Waals surface area (Å²) < 4.78 is 5.70. The van der Waals surface area contributed by atoms with Gasteiger partial charge in [-0.05, 0) is 29.8 Å². The third-order valence-corrected chi connectivity index (χ3v) is 3.20. The molecule has 1 N–H and O–H groups in total. The number of anilines is 1. The number of oxazole rings is 1. The van der Waals surface area contributed by atoms with E-state index in [0.29, 0.717) is 0 Å². The van der Waals surface area contributed by atoms with Crippen LogP contribution in [0.2, 0.25) is 0 Å². The molecular weight excluding hydrogens is 375 g/mol. The first-order valence-electron chi connectivity index (χ1n) is 6.59. The molecule has 0 saturated carbocycles. The highest BCUT2D eigenvalue weighted by Gasteiger charge is 2.08. The van der Waals surface area contributed by atoms with Crippen LogP contribution in [0, 0.1) is 0 Å². The predicted molar refractivity (Wildman–Crippen MR) is 82.5 cm³/mol. The summed E-state index contributed by atoms with van der Waals surface area (Å²) in [6, 6.07) is 16.3. The van der Waals surface area contributed by atoms with Crippen molar-refractivity contribution in [3.63, 3.8) is 0 Å². The molecular formula is C17H17IN2O. The second-order valence-corrected chi connectivity index (χ2v) is 4.91. The molecule has 3 rings (SSSR count). The van der Waals surface area contributed by atoms with Crippen LogP contribution < -0.4 is 33.9 Å². The van der Waals surface area contributed by atoms with Crippen molar-refractivity contribution in [3.05, 3.63) is 60.0 Å². The van der Waals surface area contributed by atoms with E-state index in [0.717, 1.165) is 22.6 Å². The highest BCUT2D eigenvalue weighted by atomic mass is 127. The van der Waals surface area contributed by atoms with E-state index in [4.69, 9.17) is 4.42 Å². The van der Waals surface area contributed by atoms with Crippen LogP contribution in [0.25, 0.3) is 23.3 Å². The lowest BCUT2D eigenvalue weighted by Crippen LogP contribution is -3.00. The van der Waals surface area contributed by atoms with Gasteiger partial charge in [0.15, 0.2) is 0 Å². The van der Waals surface area contributed by atoms with E-state index in [1.54, 1.807) is 0 Å². The molecule has 108 valence electrons. The van der Waals surface area contributed by atoms with E-state index < -0.39 is 0 Å². The van der Waals surface area contributed by atoms with Crippen molar-refractivity contribution in [1.82, 2.24) is 0 Å². The molecule has 0 aliphatic heterocycles. The summed E-state index contributed by atoms with van der Waals surface area (Å²) in [5.41, 5.74) is 4.21. The van der Waals surface area contributed by atoms with Crippen LogP contribution in [0.5, 0.6) is 0 Å². The van der Waals surface area contributed by atoms with Gasteiger partial charge < -0.3 is 33.3 Å². The van der Waals surface area contributed by atoms with Gasteiger partial charge in [-0.1, -0.05) is 24.3 Å². The normalized spacial score (nSPS) is 10.8. The SMILES string of the molecule is CN(C)c1ccc(/C=C/c2[nH+]c3ccccc3o2)cc1.[I-]. The van der Waals surface area contributed by atoms with E-state index in [2.05, 4.69) is 34.1 Å². The number of benzene rings is 2. The third-order valence-electron chi connectivity index (χ3n) is 3.20. The molecule has 0 amide bonds. The molecule has 3 aromatic rings. The number of rotatable bonds is 3. The van der Waals surface area contributed by atoms with Crippen molar-refractivity contribution in [2.75, 3.05) is 19.0 Å². The number of nitrogens with one attached hydrogen (secondary N) is 1. The van der Waals surface area contributed by atoms with Gasteiger partial charge in [-0.25, -0.2) is 0 Å². The maximum atomic E-state index is 5.70. The molecule has 2 aromatic carbocycles. The molecule has 1 heterocycles. The number of hydrogen-bond acceptors (Lipinski definition) is 2. The zero-order chi connectivity index (χ0) is 13.9. The molecule has 0 unspecified atom stereocenters. The largest absolute Gasteiger partial charge is 1.00 e. The number of nitrogens with zero attached hydrogens (tertiary/aromatic N) is 1. The fraction of sp³-hybridized carbons (Fsp3) is 0.118. The summed E-state index contributed by atoms with van der Waals surface area (Å²) in [5.74, 6) is 0.753. The van der Waals surface area contributed by atoms with E-state index >= 15 is 0 Å². The van der Waals surface area contributed by atoms with Gasteiger partial charge in [-0.3, -0.25) is 0 Å². The van der Waals surface area contributed by atoms with E-state index in [9.17, 15) is 0 Å².